The van der Waals surface area contributed by atoms with E-state index < -0.39 is 0 Å². The Bertz CT molecular complexity index is 1650. The van der Waals surface area contributed by atoms with E-state index in [1.165, 1.54) is 12.1 Å². The average Bonchev–Trinajstić information content (AvgIpc) is 3.57. The predicted molar refractivity (Wildman–Crippen MR) is 155 cm³/mol. The van der Waals surface area contributed by atoms with Gasteiger partial charge in [-0.1, -0.05) is 48.5 Å². The van der Waals surface area contributed by atoms with E-state index in [0.717, 1.165) is 27.8 Å². The SMILES string of the molecule is O=C(CCN1C(=S)N[C@H](c2ccccn2)[C@H]1c1cccn1-c1cccc(F)c1)Nc1cccc2ccccc12. The summed E-state index contributed by atoms with van der Waals surface area (Å²) in [6.07, 6.45) is 3.90. The lowest BCUT2D eigenvalue weighted by molar-refractivity contribution is -0.116. The first kappa shape index (κ1) is 24.8. The first-order valence-electron chi connectivity index (χ1n) is 12.8. The van der Waals surface area contributed by atoms with E-state index in [1.807, 2.05) is 94.5 Å². The number of halogens is 1. The van der Waals surface area contributed by atoms with Crippen molar-refractivity contribution in [1.82, 2.24) is 19.8 Å². The predicted octanol–water partition coefficient (Wildman–Crippen LogP) is 6.17. The number of hydrogen-bond acceptors (Lipinski definition) is 3. The first-order valence-corrected chi connectivity index (χ1v) is 13.2. The number of nitrogens with one attached hydrogen (secondary N) is 2. The summed E-state index contributed by atoms with van der Waals surface area (Å²) >= 11 is 5.78. The van der Waals surface area contributed by atoms with Crippen LogP contribution in [0.2, 0.25) is 0 Å². The third kappa shape index (κ3) is 4.98. The van der Waals surface area contributed by atoms with Gasteiger partial charge in [-0.3, -0.25) is 9.78 Å². The van der Waals surface area contributed by atoms with Gasteiger partial charge in [0.25, 0.3) is 0 Å². The molecule has 6 rings (SSSR count). The molecule has 0 bridgehead atoms. The van der Waals surface area contributed by atoms with Crippen LogP contribution in [0.15, 0.2) is 109 Å². The molecule has 1 saturated heterocycles. The molecule has 1 aliphatic rings. The number of anilines is 1. The highest BCUT2D eigenvalue weighted by molar-refractivity contribution is 7.80. The zero-order valence-corrected chi connectivity index (χ0v) is 21.8. The fourth-order valence-corrected chi connectivity index (χ4v) is 5.57. The van der Waals surface area contributed by atoms with Crippen molar-refractivity contribution in [3.8, 4) is 5.69 Å². The fraction of sp³-hybridized carbons (Fsp3) is 0.129. The Hall–Kier alpha value is -4.56. The van der Waals surface area contributed by atoms with Gasteiger partial charge in [0, 0.05) is 47.8 Å². The summed E-state index contributed by atoms with van der Waals surface area (Å²) in [5, 5.41) is 9.10. The lowest BCUT2D eigenvalue weighted by Gasteiger charge is -2.29. The van der Waals surface area contributed by atoms with Gasteiger partial charge in [-0.25, -0.2) is 4.39 Å². The highest BCUT2D eigenvalue weighted by Crippen LogP contribution is 2.39. The summed E-state index contributed by atoms with van der Waals surface area (Å²) < 4.78 is 16.1. The summed E-state index contributed by atoms with van der Waals surface area (Å²) in [5.74, 6) is -0.412. The summed E-state index contributed by atoms with van der Waals surface area (Å²) in [4.78, 5) is 19.7. The standard InChI is InChI=1S/C31H26FN5OS/c32-22-10-6-11-23(20-22)36-18-7-15-27(36)30-29(26-13-3-4-17-33-26)35-31(39)37(30)19-16-28(38)34-25-14-5-9-21-8-1-2-12-24(21)25/h1-15,17-18,20,29-30H,16,19H2,(H,34,38)(H,35,39)/t29-,30-/m1/s1. The minimum atomic E-state index is -0.310. The highest BCUT2D eigenvalue weighted by atomic mass is 32.1. The van der Waals surface area contributed by atoms with Gasteiger partial charge in [-0.05, 0) is 66.1 Å². The van der Waals surface area contributed by atoms with Crippen molar-refractivity contribution in [3.05, 3.63) is 127 Å². The van der Waals surface area contributed by atoms with Gasteiger partial charge in [0.2, 0.25) is 5.91 Å². The Kier molecular flexibility index (Phi) is 6.77. The van der Waals surface area contributed by atoms with Crippen LogP contribution < -0.4 is 10.6 Å². The molecule has 194 valence electrons. The van der Waals surface area contributed by atoms with E-state index >= 15 is 0 Å². The van der Waals surface area contributed by atoms with E-state index in [4.69, 9.17) is 12.2 Å². The number of benzene rings is 3. The molecule has 5 aromatic rings. The van der Waals surface area contributed by atoms with Crippen molar-refractivity contribution in [2.24, 2.45) is 0 Å². The Labute approximate surface area is 231 Å². The Morgan fingerprint density at radius 1 is 0.974 bits per heavy atom. The molecule has 2 atom stereocenters. The van der Waals surface area contributed by atoms with Crippen LogP contribution in [-0.4, -0.2) is 32.0 Å². The Balaban J connectivity index is 1.29. The maximum atomic E-state index is 14.1. The maximum absolute atomic E-state index is 14.1. The number of aromatic nitrogens is 2. The van der Waals surface area contributed by atoms with Crippen molar-refractivity contribution in [1.29, 1.82) is 0 Å². The van der Waals surface area contributed by atoms with E-state index in [1.54, 1.807) is 12.3 Å². The van der Waals surface area contributed by atoms with Gasteiger partial charge < -0.3 is 20.1 Å². The molecular weight excluding hydrogens is 509 g/mol. The van der Waals surface area contributed by atoms with Gasteiger partial charge in [0.1, 0.15) is 5.82 Å². The molecule has 2 N–H and O–H groups in total. The fourth-order valence-electron chi connectivity index (χ4n) is 5.23. The molecular formula is C31H26FN5OS. The van der Waals surface area contributed by atoms with Crippen LogP contribution in [0.25, 0.3) is 16.5 Å². The molecule has 8 heteroatoms. The second-order valence-electron chi connectivity index (χ2n) is 9.43. The molecule has 0 unspecified atom stereocenters. The second kappa shape index (κ2) is 10.7. The molecule has 2 aromatic heterocycles. The van der Waals surface area contributed by atoms with Crippen LogP contribution in [0, 0.1) is 5.82 Å². The average molecular weight is 536 g/mol. The number of pyridine rings is 1. The molecule has 1 amide bonds. The van der Waals surface area contributed by atoms with E-state index in [0.29, 0.717) is 17.3 Å². The van der Waals surface area contributed by atoms with Gasteiger partial charge in [0.15, 0.2) is 5.11 Å². The Morgan fingerprint density at radius 2 is 1.79 bits per heavy atom. The van der Waals surface area contributed by atoms with Crippen LogP contribution in [0.3, 0.4) is 0 Å². The smallest absolute Gasteiger partial charge is 0.226 e. The number of thiocarbonyl (C=S) groups is 1. The number of rotatable bonds is 7. The van der Waals surface area contributed by atoms with E-state index in [9.17, 15) is 9.18 Å². The van der Waals surface area contributed by atoms with Crippen LogP contribution >= 0.6 is 12.2 Å². The maximum Gasteiger partial charge on any atom is 0.226 e. The van der Waals surface area contributed by atoms with Gasteiger partial charge in [0.05, 0.1) is 17.8 Å². The van der Waals surface area contributed by atoms with Gasteiger partial charge in [-0.15, -0.1) is 0 Å². The highest BCUT2D eigenvalue weighted by Gasteiger charge is 2.41. The molecule has 0 radical (unpaired) electrons. The lowest BCUT2D eigenvalue weighted by Crippen LogP contribution is -2.33. The lowest BCUT2D eigenvalue weighted by atomic mass is 10.0. The van der Waals surface area contributed by atoms with Crippen molar-refractivity contribution < 1.29 is 9.18 Å². The van der Waals surface area contributed by atoms with Crippen LogP contribution in [0.1, 0.15) is 29.9 Å². The molecule has 1 fully saturated rings. The molecule has 6 nitrogen and oxygen atoms in total. The number of hydrogen-bond donors (Lipinski definition) is 2. The molecule has 3 heterocycles. The summed E-state index contributed by atoms with van der Waals surface area (Å²) in [6.45, 7) is 0.394. The molecule has 0 saturated carbocycles. The quantitative estimate of drug-likeness (QED) is 0.244. The van der Waals surface area contributed by atoms with Gasteiger partial charge in [-0.2, -0.15) is 0 Å². The number of fused-ring (bicyclic) bond motifs is 1. The topological polar surface area (TPSA) is 62.2 Å². The summed E-state index contributed by atoms with van der Waals surface area (Å²) in [6, 6.07) is 29.5. The van der Waals surface area contributed by atoms with Crippen molar-refractivity contribution in [2.45, 2.75) is 18.5 Å². The number of nitrogens with zero attached hydrogens (tertiary/aromatic N) is 3. The van der Waals surface area contributed by atoms with Crippen molar-refractivity contribution in [3.63, 3.8) is 0 Å². The van der Waals surface area contributed by atoms with E-state index in [-0.39, 0.29) is 30.2 Å². The van der Waals surface area contributed by atoms with Crippen LogP contribution in [0.4, 0.5) is 10.1 Å². The van der Waals surface area contributed by atoms with Gasteiger partial charge >= 0.3 is 0 Å². The molecule has 3 aromatic carbocycles. The molecule has 0 spiro atoms. The zero-order valence-electron chi connectivity index (χ0n) is 21.0. The van der Waals surface area contributed by atoms with Crippen LogP contribution in [0.5, 0.6) is 0 Å². The monoisotopic (exact) mass is 535 g/mol. The number of amides is 1. The second-order valence-corrected chi connectivity index (χ2v) is 9.81. The number of carbonyl (C=O) groups excluding carboxylic acids is 1. The molecule has 39 heavy (non-hydrogen) atoms. The van der Waals surface area contributed by atoms with E-state index in [2.05, 4.69) is 15.6 Å². The minimum Gasteiger partial charge on any atom is -0.352 e. The summed E-state index contributed by atoms with van der Waals surface area (Å²) in [5.41, 5.74) is 3.24. The van der Waals surface area contributed by atoms with Crippen molar-refractivity contribution >= 4 is 39.7 Å². The van der Waals surface area contributed by atoms with Crippen molar-refractivity contribution in [2.75, 3.05) is 11.9 Å². The first-order chi connectivity index (χ1) is 19.1. The largest absolute Gasteiger partial charge is 0.352 e. The normalized spacial score (nSPS) is 16.8. The number of carbonyl (C=O) groups is 1. The Morgan fingerprint density at radius 3 is 2.64 bits per heavy atom. The zero-order chi connectivity index (χ0) is 26.8. The third-order valence-corrected chi connectivity index (χ3v) is 7.36. The molecule has 1 aliphatic heterocycles. The van der Waals surface area contributed by atoms with Crippen LogP contribution in [-0.2, 0) is 4.79 Å². The molecule has 0 aliphatic carbocycles. The summed E-state index contributed by atoms with van der Waals surface area (Å²) in [7, 11) is 0. The minimum absolute atomic E-state index is 0.102. The third-order valence-electron chi connectivity index (χ3n) is 7.01.